The van der Waals surface area contributed by atoms with Gasteiger partial charge in [-0.1, -0.05) is 43.7 Å². The van der Waals surface area contributed by atoms with Crippen molar-refractivity contribution in [3.63, 3.8) is 0 Å². The normalized spacial score (nSPS) is 21.1. The van der Waals surface area contributed by atoms with Crippen molar-refractivity contribution in [3.8, 4) is 5.75 Å². The second kappa shape index (κ2) is 5.84. The van der Waals surface area contributed by atoms with E-state index >= 15 is 0 Å². The zero-order chi connectivity index (χ0) is 13.9. The van der Waals surface area contributed by atoms with Gasteiger partial charge in [-0.2, -0.15) is 0 Å². The van der Waals surface area contributed by atoms with Crippen molar-refractivity contribution >= 4 is 10.8 Å². The van der Waals surface area contributed by atoms with Crippen LogP contribution in [-0.4, -0.2) is 13.2 Å². The summed E-state index contributed by atoms with van der Waals surface area (Å²) < 4.78 is 5.45. The molecular weight excluding hydrogens is 246 g/mol. The lowest BCUT2D eigenvalue weighted by Crippen LogP contribution is -2.17. The highest BCUT2D eigenvalue weighted by atomic mass is 16.5. The van der Waals surface area contributed by atoms with Crippen LogP contribution in [0.25, 0.3) is 10.8 Å². The first kappa shape index (κ1) is 13.4. The predicted octanol–water partition coefficient (Wildman–Crippen LogP) is 4.13. The number of hydrogen-bond acceptors (Lipinski definition) is 2. The topological polar surface area (TPSA) is 21.3 Å². The van der Waals surface area contributed by atoms with Crippen LogP contribution in [0, 0.1) is 5.92 Å². The van der Waals surface area contributed by atoms with Gasteiger partial charge in [0.25, 0.3) is 0 Å². The predicted molar refractivity (Wildman–Crippen MR) is 84.1 cm³/mol. The van der Waals surface area contributed by atoms with Crippen LogP contribution < -0.4 is 10.1 Å². The Morgan fingerprint density at radius 1 is 1.15 bits per heavy atom. The Balaban J connectivity index is 1.75. The smallest absolute Gasteiger partial charge is 0.126 e. The molecule has 1 aliphatic carbocycles. The molecule has 2 nitrogen and oxygen atoms in total. The SMILES string of the molecule is CCCC1CC1NCc1ccc(OC)c2ccccc12. The highest BCUT2D eigenvalue weighted by Gasteiger charge is 2.35. The Labute approximate surface area is 121 Å². The average Bonchev–Trinajstić information content (AvgIpc) is 3.23. The number of ether oxygens (including phenoxy) is 1. The quantitative estimate of drug-likeness (QED) is 0.851. The minimum atomic E-state index is 0.732. The molecule has 0 radical (unpaired) electrons. The minimum absolute atomic E-state index is 0.732. The summed E-state index contributed by atoms with van der Waals surface area (Å²) in [6.07, 6.45) is 4.01. The monoisotopic (exact) mass is 269 g/mol. The molecule has 2 atom stereocenters. The molecule has 1 saturated carbocycles. The van der Waals surface area contributed by atoms with E-state index in [1.54, 1.807) is 7.11 Å². The van der Waals surface area contributed by atoms with E-state index in [1.165, 1.54) is 35.6 Å². The Morgan fingerprint density at radius 2 is 1.95 bits per heavy atom. The van der Waals surface area contributed by atoms with E-state index in [0.29, 0.717) is 0 Å². The number of benzene rings is 2. The van der Waals surface area contributed by atoms with Gasteiger partial charge in [0.15, 0.2) is 0 Å². The van der Waals surface area contributed by atoms with Gasteiger partial charge in [-0.25, -0.2) is 0 Å². The van der Waals surface area contributed by atoms with Gasteiger partial charge in [0.1, 0.15) is 5.75 Å². The number of rotatable bonds is 6. The molecule has 1 aliphatic rings. The molecule has 2 aromatic rings. The maximum Gasteiger partial charge on any atom is 0.126 e. The van der Waals surface area contributed by atoms with Gasteiger partial charge in [0.05, 0.1) is 7.11 Å². The summed E-state index contributed by atoms with van der Waals surface area (Å²) in [6.45, 7) is 3.22. The summed E-state index contributed by atoms with van der Waals surface area (Å²) in [5.41, 5.74) is 1.36. The van der Waals surface area contributed by atoms with Gasteiger partial charge in [-0.05, 0) is 35.8 Å². The average molecular weight is 269 g/mol. The number of methoxy groups -OCH3 is 1. The fourth-order valence-corrected chi connectivity index (χ4v) is 3.09. The van der Waals surface area contributed by atoms with Gasteiger partial charge in [-0.15, -0.1) is 0 Å². The van der Waals surface area contributed by atoms with Crippen LogP contribution in [0.3, 0.4) is 0 Å². The van der Waals surface area contributed by atoms with E-state index in [1.807, 2.05) is 0 Å². The highest BCUT2D eigenvalue weighted by Crippen LogP contribution is 2.35. The van der Waals surface area contributed by atoms with Crippen LogP contribution in [0.2, 0.25) is 0 Å². The molecule has 2 unspecified atom stereocenters. The summed E-state index contributed by atoms with van der Waals surface area (Å²) in [6, 6.07) is 13.5. The first-order chi connectivity index (χ1) is 9.83. The van der Waals surface area contributed by atoms with E-state index in [-0.39, 0.29) is 0 Å². The summed E-state index contributed by atoms with van der Waals surface area (Å²) in [7, 11) is 1.74. The zero-order valence-corrected chi connectivity index (χ0v) is 12.4. The second-order valence-electron chi connectivity index (χ2n) is 5.74. The van der Waals surface area contributed by atoms with Gasteiger partial charge < -0.3 is 10.1 Å². The third-order valence-corrected chi connectivity index (χ3v) is 4.33. The molecule has 0 bridgehead atoms. The summed E-state index contributed by atoms with van der Waals surface area (Å²) >= 11 is 0. The Kier molecular flexibility index (Phi) is 3.93. The highest BCUT2D eigenvalue weighted by molar-refractivity contribution is 5.91. The van der Waals surface area contributed by atoms with Gasteiger partial charge in [-0.3, -0.25) is 0 Å². The molecule has 2 aromatic carbocycles. The van der Waals surface area contributed by atoms with Crippen LogP contribution >= 0.6 is 0 Å². The summed E-state index contributed by atoms with van der Waals surface area (Å²) in [5, 5.41) is 6.20. The van der Waals surface area contributed by atoms with Crippen LogP contribution in [-0.2, 0) is 6.54 Å². The minimum Gasteiger partial charge on any atom is -0.496 e. The Hall–Kier alpha value is -1.54. The van der Waals surface area contributed by atoms with Crippen LogP contribution in [0.15, 0.2) is 36.4 Å². The molecule has 1 fully saturated rings. The summed E-state index contributed by atoms with van der Waals surface area (Å²) in [5.74, 6) is 1.86. The molecule has 0 aromatic heterocycles. The fourth-order valence-electron chi connectivity index (χ4n) is 3.09. The molecule has 0 aliphatic heterocycles. The van der Waals surface area contributed by atoms with E-state index in [9.17, 15) is 0 Å². The fraction of sp³-hybridized carbons (Fsp3) is 0.444. The largest absolute Gasteiger partial charge is 0.496 e. The zero-order valence-electron chi connectivity index (χ0n) is 12.4. The third-order valence-electron chi connectivity index (χ3n) is 4.33. The molecule has 0 saturated heterocycles. The van der Waals surface area contributed by atoms with Crippen LogP contribution in [0.1, 0.15) is 31.7 Å². The van der Waals surface area contributed by atoms with Gasteiger partial charge in [0.2, 0.25) is 0 Å². The maximum absolute atomic E-state index is 5.45. The first-order valence-corrected chi connectivity index (χ1v) is 7.61. The molecule has 2 heteroatoms. The lowest BCUT2D eigenvalue weighted by molar-refractivity contribution is 0.419. The van der Waals surface area contributed by atoms with Gasteiger partial charge >= 0.3 is 0 Å². The standard InChI is InChI=1S/C18H23NO/c1-3-6-13-11-17(13)19-12-14-9-10-18(20-2)16-8-5-4-7-15(14)16/h4-5,7-10,13,17,19H,3,6,11-12H2,1-2H3. The molecule has 20 heavy (non-hydrogen) atoms. The first-order valence-electron chi connectivity index (χ1n) is 7.61. The molecule has 3 rings (SSSR count). The van der Waals surface area contributed by atoms with Crippen molar-refractivity contribution in [2.75, 3.05) is 7.11 Å². The molecular formula is C18H23NO. The lowest BCUT2D eigenvalue weighted by atomic mass is 10.0. The number of hydrogen-bond donors (Lipinski definition) is 1. The van der Waals surface area contributed by atoms with Gasteiger partial charge in [0, 0.05) is 18.0 Å². The molecule has 0 heterocycles. The molecule has 1 N–H and O–H groups in total. The Morgan fingerprint density at radius 3 is 2.70 bits per heavy atom. The summed E-state index contributed by atoms with van der Waals surface area (Å²) in [4.78, 5) is 0. The lowest BCUT2D eigenvalue weighted by Gasteiger charge is -2.11. The van der Waals surface area contributed by atoms with Crippen molar-refractivity contribution in [1.29, 1.82) is 0 Å². The molecule has 0 amide bonds. The van der Waals surface area contributed by atoms with Crippen LogP contribution in [0.5, 0.6) is 5.75 Å². The molecule has 0 spiro atoms. The van der Waals surface area contributed by atoms with E-state index in [2.05, 4.69) is 48.6 Å². The number of nitrogens with one attached hydrogen (secondary N) is 1. The molecule has 106 valence electrons. The van der Waals surface area contributed by atoms with E-state index in [4.69, 9.17) is 4.74 Å². The van der Waals surface area contributed by atoms with Crippen molar-refractivity contribution in [1.82, 2.24) is 5.32 Å². The van der Waals surface area contributed by atoms with E-state index < -0.39 is 0 Å². The van der Waals surface area contributed by atoms with E-state index in [0.717, 1.165) is 24.3 Å². The Bertz CT molecular complexity index is 593. The van der Waals surface area contributed by atoms with Crippen LogP contribution in [0.4, 0.5) is 0 Å². The van der Waals surface area contributed by atoms with Crippen molar-refractivity contribution in [2.45, 2.75) is 38.8 Å². The second-order valence-corrected chi connectivity index (χ2v) is 5.74. The van der Waals surface area contributed by atoms with Crippen molar-refractivity contribution in [2.24, 2.45) is 5.92 Å². The van der Waals surface area contributed by atoms with Crippen molar-refractivity contribution in [3.05, 3.63) is 42.0 Å². The maximum atomic E-state index is 5.45. The third kappa shape index (κ3) is 2.66. The van der Waals surface area contributed by atoms with Crippen molar-refractivity contribution < 1.29 is 4.74 Å². The number of fused-ring (bicyclic) bond motifs is 1.